The Labute approximate surface area is 223 Å². The number of benzene rings is 2. The number of aryl methyl sites for hydroxylation is 2. The van der Waals surface area contributed by atoms with Crippen LogP contribution in [0.15, 0.2) is 104 Å². The van der Waals surface area contributed by atoms with Gasteiger partial charge in [-0.1, -0.05) is 42.5 Å². The van der Waals surface area contributed by atoms with E-state index in [2.05, 4.69) is 55.5 Å². The van der Waals surface area contributed by atoms with Crippen molar-refractivity contribution in [3.63, 3.8) is 0 Å². The number of nitrogens with one attached hydrogen (secondary N) is 2. The Morgan fingerprint density at radius 1 is 0.744 bits per heavy atom. The fourth-order valence-electron chi connectivity index (χ4n) is 4.99. The van der Waals surface area contributed by atoms with Crippen molar-refractivity contribution in [2.45, 2.75) is 12.8 Å². The first-order valence-electron chi connectivity index (χ1n) is 12.8. The van der Waals surface area contributed by atoms with Gasteiger partial charge in [-0.15, -0.1) is 0 Å². The molecule has 188 valence electrons. The van der Waals surface area contributed by atoms with Crippen LogP contribution in [-0.2, 0) is 12.8 Å². The monoisotopic (exact) mass is 510 g/mol. The summed E-state index contributed by atoms with van der Waals surface area (Å²) in [6.45, 7) is 0. The molecule has 39 heavy (non-hydrogen) atoms. The number of pyridine rings is 3. The highest BCUT2D eigenvalue weighted by Gasteiger charge is 2.17. The van der Waals surface area contributed by atoms with E-state index in [1.807, 2.05) is 48.8 Å². The summed E-state index contributed by atoms with van der Waals surface area (Å²) in [7, 11) is 0. The van der Waals surface area contributed by atoms with Crippen molar-refractivity contribution in [3.05, 3.63) is 120 Å². The van der Waals surface area contributed by atoms with Crippen LogP contribution in [0.2, 0.25) is 0 Å². The van der Waals surface area contributed by atoms with E-state index in [1.54, 1.807) is 18.3 Å². The largest absolute Gasteiger partial charge is 0.353 e. The van der Waals surface area contributed by atoms with E-state index in [9.17, 15) is 4.39 Å². The lowest BCUT2D eigenvalue weighted by Gasteiger charge is -2.06. The molecule has 0 aliphatic rings. The zero-order valence-electron chi connectivity index (χ0n) is 20.9. The van der Waals surface area contributed by atoms with Gasteiger partial charge in [0.05, 0.1) is 22.6 Å². The fourth-order valence-corrected chi connectivity index (χ4v) is 4.99. The molecular formula is C32H23FN6. The Balaban J connectivity index is 1.25. The molecule has 0 aliphatic carbocycles. The van der Waals surface area contributed by atoms with Crippen LogP contribution in [0.3, 0.4) is 0 Å². The van der Waals surface area contributed by atoms with Crippen molar-refractivity contribution >= 4 is 21.9 Å². The maximum absolute atomic E-state index is 14.6. The van der Waals surface area contributed by atoms with E-state index in [0.717, 1.165) is 57.3 Å². The molecule has 0 amide bonds. The number of aromatic amines is 2. The molecule has 7 heteroatoms. The van der Waals surface area contributed by atoms with Crippen LogP contribution in [0.5, 0.6) is 0 Å². The molecule has 0 saturated heterocycles. The molecule has 2 aromatic carbocycles. The van der Waals surface area contributed by atoms with Gasteiger partial charge in [-0.05, 0) is 66.4 Å². The van der Waals surface area contributed by atoms with E-state index in [-0.39, 0.29) is 5.82 Å². The third-order valence-electron chi connectivity index (χ3n) is 6.98. The van der Waals surface area contributed by atoms with E-state index in [0.29, 0.717) is 17.0 Å². The van der Waals surface area contributed by atoms with Crippen LogP contribution < -0.4 is 0 Å². The van der Waals surface area contributed by atoms with Crippen molar-refractivity contribution in [2.24, 2.45) is 0 Å². The standard InChI is InChI=1S/C32H23FN6/c33-25-9-5-4-8-23(25)30-24-17-29(36-27(24)14-15-35-30)32-31-28(38-39-32)13-12-26(37-31)22-16-21(18-34-19-22)11-10-20-6-2-1-3-7-20/h1-9,12-19,36H,10-11H2,(H,38,39). The maximum Gasteiger partial charge on any atom is 0.135 e. The summed E-state index contributed by atoms with van der Waals surface area (Å²) in [5.74, 6) is -0.309. The summed E-state index contributed by atoms with van der Waals surface area (Å²) >= 11 is 0. The molecule has 0 radical (unpaired) electrons. The van der Waals surface area contributed by atoms with Crippen molar-refractivity contribution in [1.82, 2.24) is 30.1 Å². The van der Waals surface area contributed by atoms with Gasteiger partial charge < -0.3 is 4.98 Å². The SMILES string of the molecule is Fc1ccccc1-c1nccc2[nH]c(-c3n[nH]c4ccc(-c5cncc(CCc6ccccc6)c5)nc34)cc12. The molecule has 5 heterocycles. The number of H-pyrrole nitrogens is 2. The second-order valence-electron chi connectivity index (χ2n) is 9.52. The van der Waals surface area contributed by atoms with Gasteiger partial charge in [0.1, 0.15) is 17.0 Å². The molecule has 0 spiro atoms. The molecule has 0 fully saturated rings. The van der Waals surface area contributed by atoms with Crippen molar-refractivity contribution in [1.29, 1.82) is 0 Å². The number of rotatable bonds is 6. The molecule has 0 saturated carbocycles. The van der Waals surface area contributed by atoms with Gasteiger partial charge in [-0.2, -0.15) is 5.10 Å². The first-order valence-corrected chi connectivity index (χ1v) is 12.8. The first-order chi connectivity index (χ1) is 19.2. The molecule has 0 atom stereocenters. The maximum atomic E-state index is 14.6. The second-order valence-corrected chi connectivity index (χ2v) is 9.52. The van der Waals surface area contributed by atoms with Crippen molar-refractivity contribution in [2.75, 3.05) is 0 Å². The van der Waals surface area contributed by atoms with E-state index in [4.69, 9.17) is 4.98 Å². The van der Waals surface area contributed by atoms with Crippen LogP contribution >= 0.6 is 0 Å². The van der Waals surface area contributed by atoms with Crippen LogP contribution in [0.25, 0.3) is 55.8 Å². The molecule has 2 N–H and O–H groups in total. The van der Waals surface area contributed by atoms with Crippen LogP contribution in [-0.4, -0.2) is 30.1 Å². The number of hydrogen-bond acceptors (Lipinski definition) is 4. The molecule has 0 bridgehead atoms. The predicted molar refractivity (Wildman–Crippen MR) is 151 cm³/mol. The minimum absolute atomic E-state index is 0.309. The number of aromatic nitrogens is 6. The highest BCUT2D eigenvalue weighted by Crippen LogP contribution is 2.34. The van der Waals surface area contributed by atoms with E-state index >= 15 is 0 Å². The summed E-state index contributed by atoms with van der Waals surface area (Å²) in [6, 6.07) is 27.1. The summed E-state index contributed by atoms with van der Waals surface area (Å²) in [6.07, 6.45) is 7.29. The zero-order chi connectivity index (χ0) is 26.2. The molecule has 7 aromatic rings. The molecule has 5 aromatic heterocycles. The number of fused-ring (bicyclic) bond motifs is 2. The predicted octanol–water partition coefficient (Wildman–Crippen LogP) is 7.15. The molecule has 7 rings (SSSR count). The Bertz CT molecular complexity index is 1940. The van der Waals surface area contributed by atoms with Crippen molar-refractivity contribution < 1.29 is 4.39 Å². The summed E-state index contributed by atoms with van der Waals surface area (Å²) in [4.78, 5) is 17.4. The van der Waals surface area contributed by atoms with Gasteiger partial charge in [-0.25, -0.2) is 9.37 Å². The Hall–Kier alpha value is -5.17. The van der Waals surface area contributed by atoms with Gasteiger partial charge in [-0.3, -0.25) is 15.1 Å². The lowest BCUT2D eigenvalue weighted by atomic mass is 10.0. The third-order valence-corrected chi connectivity index (χ3v) is 6.98. The summed E-state index contributed by atoms with van der Waals surface area (Å²) in [5.41, 5.74) is 9.17. The van der Waals surface area contributed by atoms with Crippen molar-refractivity contribution in [3.8, 4) is 33.9 Å². The smallest absolute Gasteiger partial charge is 0.135 e. The highest BCUT2D eigenvalue weighted by atomic mass is 19.1. The van der Waals surface area contributed by atoms with E-state index < -0.39 is 0 Å². The summed E-state index contributed by atoms with van der Waals surface area (Å²) in [5, 5.41) is 8.48. The number of halogens is 1. The van der Waals surface area contributed by atoms with Crippen LogP contribution in [0, 0.1) is 5.82 Å². The summed E-state index contributed by atoms with van der Waals surface area (Å²) < 4.78 is 14.6. The quantitative estimate of drug-likeness (QED) is 0.249. The average molecular weight is 511 g/mol. The minimum atomic E-state index is -0.309. The van der Waals surface area contributed by atoms with Gasteiger partial charge in [0, 0.05) is 40.6 Å². The third kappa shape index (κ3) is 4.34. The van der Waals surface area contributed by atoms with Gasteiger partial charge >= 0.3 is 0 Å². The van der Waals surface area contributed by atoms with Gasteiger partial charge in [0.2, 0.25) is 0 Å². The van der Waals surface area contributed by atoms with E-state index in [1.165, 1.54) is 11.6 Å². The fraction of sp³-hybridized carbons (Fsp3) is 0.0625. The molecule has 6 nitrogen and oxygen atoms in total. The topological polar surface area (TPSA) is 83.1 Å². The second kappa shape index (κ2) is 9.61. The minimum Gasteiger partial charge on any atom is -0.353 e. The number of hydrogen-bond donors (Lipinski definition) is 2. The lowest BCUT2D eigenvalue weighted by molar-refractivity contribution is 0.631. The Kier molecular flexibility index (Phi) is 5.66. The highest BCUT2D eigenvalue weighted by molar-refractivity contribution is 5.99. The molecule has 0 unspecified atom stereocenters. The average Bonchev–Trinajstić information content (AvgIpc) is 3.61. The van der Waals surface area contributed by atoms with Gasteiger partial charge in [0.25, 0.3) is 0 Å². The number of nitrogens with zero attached hydrogens (tertiary/aromatic N) is 4. The lowest BCUT2D eigenvalue weighted by Crippen LogP contribution is -1.94. The van der Waals surface area contributed by atoms with Gasteiger partial charge in [0.15, 0.2) is 0 Å². The Morgan fingerprint density at radius 2 is 1.59 bits per heavy atom. The van der Waals surface area contributed by atoms with Crippen LogP contribution in [0.1, 0.15) is 11.1 Å². The normalized spacial score (nSPS) is 11.4. The zero-order valence-corrected chi connectivity index (χ0v) is 20.9. The molecular weight excluding hydrogens is 487 g/mol. The first kappa shape index (κ1) is 23.0. The Morgan fingerprint density at radius 3 is 2.49 bits per heavy atom. The molecule has 0 aliphatic heterocycles. The van der Waals surface area contributed by atoms with Crippen LogP contribution in [0.4, 0.5) is 4.39 Å².